The predicted octanol–water partition coefficient (Wildman–Crippen LogP) is 5.34. The van der Waals surface area contributed by atoms with Gasteiger partial charge in [0.15, 0.2) is 0 Å². The Morgan fingerprint density at radius 3 is 2.82 bits per heavy atom. The summed E-state index contributed by atoms with van der Waals surface area (Å²) < 4.78 is 16.7. The molecule has 0 saturated carbocycles. The van der Waals surface area contributed by atoms with E-state index in [4.69, 9.17) is 17.3 Å². The molecule has 3 heterocycles. The lowest BCUT2D eigenvalue weighted by Crippen LogP contribution is -2.10. The highest BCUT2D eigenvalue weighted by Gasteiger charge is 2.27. The van der Waals surface area contributed by atoms with E-state index < -0.39 is 6.10 Å². The molecule has 170 valence electrons. The summed E-state index contributed by atoms with van der Waals surface area (Å²) >= 11 is 5.98. The van der Waals surface area contributed by atoms with Crippen LogP contribution in [0.4, 0.5) is 10.2 Å². The minimum Gasteiger partial charge on any atom is -0.389 e. The number of aliphatic hydroxyl groups excluding tert-OH is 1. The summed E-state index contributed by atoms with van der Waals surface area (Å²) in [5, 5.41) is 12.3. The molecule has 4 aromatic rings. The molecule has 0 spiro atoms. The highest BCUT2D eigenvalue weighted by atomic mass is 35.5. The number of hydrogen-bond donors (Lipinski definition) is 2. The molecule has 0 unspecified atom stereocenters. The lowest BCUT2D eigenvalue weighted by Gasteiger charge is -2.13. The van der Waals surface area contributed by atoms with Crippen LogP contribution in [0.25, 0.3) is 21.9 Å². The number of aromatic nitrogens is 4. The van der Waals surface area contributed by atoms with Gasteiger partial charge in [-0.05, 0) is 54.2 Å². The Labute approximate surface area is 195 Å². The summed E-state index contributed by atoms with van der Waals surface area (Å²) in [6.07, 6.45) is 6.97. The maximum Gasteiger partial charge on any atom is 0.144 e. The Hall–Kier alpha value is -3.03. The van der Waals surface area contributed by atoms with E-state index in [0.717, 1.165) is 27.9 Å². The molecule has 5 rings (SSSR count). The molecule has 1 aliphatic rings. The Morgan fingerprint density at radius 1 is 1.21 bits per heavy atom. The molecule has 0 bridgehead atoms. The topological polar surface area (TPSA) is 89.9 Å². The number of benzene rings is 1. The van der Waals surface area contributed by atoms with Crippen LogP contribution in [0.5, 0.6) is 0 Å². The lowest BCUT2D eigenvalue weighted by molar-refractivity contribution is 0.197. The number of nitrogens with zero attached hydrogens (tertiary/aromatic N) is 4. The van der Waals surface area contributed by atoms with E-state index in [1.54, 1.807) is 6.33 Å². The van der Waals surface area contributed by atoms with E-state index in [-0.39, 0.29) is 22.7 Å². The van der Waals surface area contributed by atoms with Gasteiger partial charge in [0.2, 0.25) is 0 Å². The average molecular weight is 466 g/mol. The first-order valence-corrected chi connectivity index (χ1v) is 11.4. The first-order valence-electron chi connectivity index (χ1n) is 11.1. The van der Waals surface area contributed by atoms with Crippen molar-refractivity contribution in [2.24, 2.45) is 0 Å². The predicted molar refractivity (Wildman–Crippen MR) is 129 cm³/mol. The first kappa shape index (κ1) is 21.8. The number of halogens is 2. The van der Waals surface area contributed by atoms with Crippen LogP contribution in [0.1, 0.15) is 49.9 Å². The number of aliphatic hydroxyl groups is 1. The van der Waals surface area contributed by atoms with Crippen LogP contribution in [0.15, 0.2) is 48.4 Å². The van der Waals surface area contributed by atoms with Crippen molar-refractivity contribution in [1.29, 1.82) is 0 Å². The molecule has 1 aromatic carbocycles. The Balaban J connectivity index is 1.39. The van der Waals surface area contributed by atoms with Crippen LogP contribution in [0, 0.1) is 5.82 Å². The monoisotopic (exact) mass is 465 g/mol. The summed E-state index contributed by atoms with van der Waals surface area (Å²) in [6.45, 7) is 4.23. The number of rotatable bonds is 5. The molecule has 1 aliphatic carbocycles. The molecule has 8 heteroatoms. The van der Waals surface area contributed by atoms with Crippen LogP contribution < -0.4 is 5.73 Å². The highest BCUT2D eigenvalue weighted by molar-refractivity contribution is 6.33. The maximum absolute atomic E-state index is 14.6. The van der Waals surface area contributed by atoms with Gasteiger partial charge in [-0.25, -0.2) is 19.3 Å². The van der Waals surface area contributed by atoms with Gasteiger partial charge in [0.25, 0.3) is 0 Å². The number of nitrogen functional groups attached to an aromatic ring is 1. The Morgan fingerprint density at radius 2 is 2.03 bits per heavy atom. The summed E-state index contributed by atoms with van der Waals surface area (Å²) in [7, 11) is 0. The van der Waals surface area contributed by atoms with E-state index in [2.05, 4.69) is 39.4 Å². The molecule has 0 saturated heterocycles. The third-order valence-electron chi connectivity index (χ3n) is 6.37. The quantitative estimate of drug-likeness (QED) is 0.388. The third kappa shape index (κ3) is 3.96. The van der Waals surface area contributed by atoms with Crippen molar-refractivity contribution in [3.8, 4) is 0 Å². The molecule has 0 amide bonds. The summed E-state index contributed by atoms with van der Waals surface area (Å²) in [5.74, 6) is 0.103. The smallest absolute Gasteiger partial charge is 0.144 e. The van der Waals surface area contributed by atoms with Crippen molar-refractivity contribution in [3.63, 3.8) is 0 Å². The molecule has 0 radical (unpaired) electrons. The Kier molecular flexibility index (Phi) is 5.54. The van der Waals surface area contributed by atoms with E-state index in [1.807, 2.05) is 18.3 Å². The zero-order valence-electron chi connectivity index (χ0n) is 18.5. The van der Waals surface area contributed by atoms with Gasteiger partial charge in [-0.3, -0.25) is 0 Å². The fourth-order valence-corrected chi connectivity index (χ4v) is 4.83. The third-order valence-corrected chi connectivity index (χ3v) is 6.67. The molecule has 3 N–H and O–H groups in total. The molecule has 0 fully saturated rings. The summed E-state index contributed by atoms with van der Waals surface area (Å²) in [6, 6.07) is 6.89. The van der Waals surface area contributed by atoms with Gasteiger partial charge in [-0.15, -0.1) is 0 Å². The summed E-state index contributed by atoms with van der Waals surface area (Å²) in [5.41, 5.74) is 9.91. The van der Waals surface area contributed by atoms with Crippen molar-refractivity contribution < 1.29 is 9.50 Å². The maximum atomic E-state index is 14.6. The van der Waals surface area contributed by atoms with Gasteiger partial charge in [-0.2, -0.15) is 0 Å². The number of allylic oxidation sites excluding steroid dienone is 1. The molecule has 2 atom stereocenters. The normalized spacial score (nSPS) is 18.5. The van der Waals surface area contributed by atoms with Crippen LogP contribution in [0.2, 0.25) is 5.02 Å². The molecular formula is C25H25ClFN5O. The second-order valence-electron chi connectivity index (χ2n) is 8.93. The number of anilines is 1. The fraction of sp³-hybridized carbons (Fsp3) is 0.320. The zero-order valence-corrected chi connectivity index (χ0v) is 19.2. The van der Waals surface area contributed by atoms with Crippen LogP contribution in [0.3, 0.4) is 0 Å². The van der Waals surface area contributed by atoms with Gasteiger partial charge in [-0.1, -0.05) is 31.5 Å². The lowest BCUT2D eigenvalue weighted by atomic mass is 10.0. The minimum absolute atomic E-state index is 0.0133. The van der Waals surface area contributed by atoms with Gasteiger partial charge in [0, 0.05) is 23.4 Å². The molecule has 6 nitrogen and oxygen atoms in total. The number of pyridine rings is 1. The molecular weight excluding hydrogens is 441 g/mol. The fourth-order valence-electron chi connectivity index (χ4n) is 4.68. The minimum atomic E-state index is -0.545. The van der Waals surface area contributed by atoms with Crippen molar-refractivity contribution in [1.82, 2.24) is 19.5 Å². The van der Waals surface area contributed by atoms with E-state index in [9.17, 15) is 9.50 Å². The van der Waals surface area contributed by atoms with E-state index in [1.165, 1.54) is 12.1 Å². The second-order valence-corrected chi connectivity index (χ2v) is 9.34. The molecule has 33 heavy (non-hydrogen) atoms. The molecule has 3 aromatic heterocycles. The number of hydrogen-bond acceptors (Lipinski definition) is 5. The Bertz CT molecular complexity index is 1400. The number of aryl methyl sites for hydroxylation is 1. The van der Waals surface area contributed by atoms with Crippen LogP contribution >= 0.6 is 11.6 Å². The van der Waals surface area contributed by atoms with Gasteiger partial charge < -0.3 is 15.4 Å². The largest absolute Gasteiger partial charge is 0.389 e. The highest BCUT2D eigenvalue weighted by Crippen LogP contribution is 2.35. The van der Waals surface area contributed by atoms with E-state index >= 15 is 0 Å². The van der Waals surface area contributed by atoms with Crippen LogP contribution in [-0.2, 0) is 6.42 Å². The second kappa shape index (κ2) is 8.39. The number of nitrogens with two attached hydrogens (primary N) is 1. The summed E-state index contributed by atoms with van der Waals surface area (Å²) in [4.78, 5) is 13.1. The van der Waals surface area contributed by atoms with Crippen molar-refractivity contribution in [2.75, 3.05) is 5.73 Å². The SMILES string of the molecule is CC(C)c1ncnc2c1ccn2[C@@H]1C=C(CCc2cc(F)c3cc(Cl)c(N)nc3c2)[C@@H](O)C1. The average Bonchev–Trinajstić information content (AvgIpc) is 3.36. The van der Waals surface area contributed by atoms with Crippen molar-refractivity contribution in [2.45, 2.75) is 51.2 Å². The van der Waals surface area contributed by atoms with Gasteiger partial charge in [0.1, 0.15) is 23.6 Å². The molecule has 0 aliphatic heterocycles. The van der Waals surface area contributed by atoms with Crippen molar-refractivity contribution >= 4 is 39.4 Å². The van der Waals surface area contributed by atoms with Gasteiger partial charge >= 0.3 is 0 Å². The van der Waals surface area contributed by atoms with E-state index in [0.29, 0.717) is 36.1 Å². The van der Waals surface area contributed by atoms with Crippen molar-refractivity contribution in [3.05, 3.63) is 70.5 Å². The number of fused-ring (bicyclic) bond motifs is 2. The first-order chi connectivity index (χ1) is 15.8. The van der Waals surface area contributed by atoms with Gasteiger partial charge in [0.05, 0.1) is 28.4 Å². The zero-order chi connectivity index (χ0) is 23.3. The standard InChI is InChI=1S/C25H25ClFN5O/c1-13(2)23-17-5-6-32(25(17)30-12-29-23)16-9-15(22(33)10-16)4-3-14-7-20(27)18-11-19(26)24(28)31-21(18)8-14/h5-9,11-13,16,22,33H,3-4,10H2,1-2H3,(H2,28,31)/t16-,22+/m1/s1. The van der Waals surface area contributed by atoms with Crippen LogP contribution in [-0.4, -0.2) is 30.7 Å².